The third-order valence-corrected chi connectivity index (χ3v) is 5.84. The minimum Gasteiger partial charge on any atom is -0.377 e. The van der Waals surface area contributed by atoms with Crippen molar-refractivity contribution < 1.29 is 13.2 Å². The fraction of sp³-hybridized carbons (Fsp3) is 0.538. The minimum absolute atomic E-state index is 0.0893. The highest BCUT2D eigenvalue weighted by molar-refractivity contribution is 7.89. The van der Waals surface area contributed by atoms with Crippen LogP contribution >= 0.6 is 23.2 Å². The van der Waals surface area contributed by atoms with E-state index in [1.54, 1.807) is 18.2 Å². The number of ether oxygens (including phenoxy) is 1. The van der Waals surface area contributed by atoms with E-state index in [0.29, 0.717) is 38.4 Å². The van der Waals surface area contributed by atoms with Gasteiger partial charge in [-0.1, -0.05) is 23.7 Å². The number of halogens is 2. The fourth-order valence-corrected chi connectivity index (χ4v) is 4.30. The van der Waals surface area contributed by atoms with Crippen LogP contribution in [0.5, 0.6) is 0 Å². The molecule has 2 rings (SSSR count). The summed E-state index contributed by atoms with van der Waals surface area (Å²) in [5, 5.41) is 0.257. The van der Waals surface area contributed by atoms with Gasteiger partial charge in [-0.3, -0.25) is 0 Å². The number of benzene rings is 1. The number of sulfonamides is 1. The van der Waals surface area contributed by atoms with Crippen LogP contribution in [-0.4, -0.2) is 44.4 Å². The van der Waals surface area contributed by atoms with Gasteiger partial charge in [-0.05, 0) is 25.0 Å². The number of nitrogens with zero attached hydrogens (tertiary/aromatic N) is 1. The summed E-state index contributed by atoms with van der Waals surface area (Å²) in [7, 11) is -3.52. The highest BCUT2D eigenvalue weighted by Gasteiger charge is 2.30. The topological polar surface area (TPSA) is 46.6 Å². The van der Waals surface area contributed by atoms with Gasteiger partial charge in [0.25, 0.3) is 0 Å². The maximum absolute atomic E-state index is 12.5. The number of rotatable bonds is 5. The van der Waals surface area contributed by atoms with Gasteiger partial charge >= 0.3 is 0 Å². The SMILES string of the molecule is O=S(=O)(c1ccccc1Cl)N1CCC(OCCCl)CC1. The van der Waals surface area contributed by atoms with E-state index in [1.807, 2.05) is 0 Å². The third kappa shape index (κ3) is 3.65. The van der Waals surface area contributed by atoms with Crippen LogP contribution in [0.15, 0.2) is 29.2 Å². The molecule has 7 heteroatoms. The zero-order valence-electron chi connectivity index (χ0n) is 11.0. The molecule has 1 fully saturated rings. The van der Waals surface area contributed by atoms with Crippen molar-refractivity contribution in [2.45, 2.75) is 23.8 Å². The molecule has 1 aliphatic heterocycles. The first kappa shape index (κ1) is 16.0. The number of hydrogen-bond acceptors (Lipinski definition) is 3. The third-order valence-electron chi connectivity index (χ3n) is 3.29. The lowest BCUT2D eigenvalue weighted by atomic mass is 10.1. The molecule has 20 heavy (non-hydrogen) atoms. The van der Waals surface area contributed by atoms with Crippen molar-refractivity contribution in [3.05, 3.63) is 29.3 Å². The second-order valence-corrected chi connectivity index (χ2v) is 7.29. The Kier molecular flexibility index (Phi) is 5.69. The molecule has 0 amide bonds. The summed E-state index contributed by atoms with van der Waals surface area (Å²) in [4.78, 5) is 0.168. The normalized spacial score (nSPS) is 18.3. The van der Waals surface area contributed by atoms with Crippen molar-refractivity contribution >= 4 is 33.2 Å². The van der Waals surface area contributed by atoms with Crippen molar-refractivity contribution in [3.63, 3.8) is 0 Å². The van der Waals surface area contributed by atoms with E-state index in [-0.39, 0.29) is 16.0 Å². The standard InChI is InChI=1S/C13H17Cl2NO3S/c14-7-10-19-11-5-8-16(9-6-11)20(17,18)13-4-2-1-3-12(13)15/h1-4,11H,5-10H2. The summed E-state index contributed by atoms with van der Waals surface area (Å²) < 4.78 is 32.0. The first-order valence-electron chi connectivity index (χ1n) is 6.48. The quantitative estimate of drug-likeness (QED) is 0.776. The second-order valence-electron chi connectivity index (χ2n) is 4.59. The van der Waals surface area contributed by atoms with E-state index in [4.69, 9.17) is 27.9 Å². The van der Waals surface area contributed by atoms with Gasteiger partial charge in [0.2, 0.25) is 10.0 Å². The molecular weight excluding hydrogens is 321 g/mol. The lowest BCUT2D eigenvalue weighted by Crippen LogP contribution is -2.41. The average molecular weight is 338 g/mol. The molecule has 0 saturated carbocycles. The van der Waals surface area contributed by atoms with Crippen LogP contribution < -0.4 is 0 Å². The monoisotopic (exact) mass is 337 g/mol. The van der Waals surface area contributed by atoms with E-state index < -0.39 is 10.0 Å². The molecule has 0 aromatic heterocycles. The number of alkyl halides is 1. The Hall–Kier alpha value is -0.330. The van der Waals surface area contributed by atoms with Crippen LogP contribution in [0, 0.1) is 0 Å². The van der Waals surface area contributed by atoms with Crippen LogP contribution in [-0.2, 0) is 14.8 Å². The number of hydrogen-bond donors (Lipinski definition) is 0. The first-order valence-corrected chi connectivity index (χ1v) is 8.83. The van der Waals surface area contributed by atoms with Crippen LogP contribution in [0.2, 0.25) is 5.02 Å². The van der Waals surface area contributed by atoms with Gasteiger partial charge in [-0.15, -0.1) is 11.6 Å². The molecule has 0 unspecified atom stereocenters. The molecule has 0 spiro atoms. The Morgan fingerprint density at radius 1 is 1.25 bits per heavy atom. The maximum atomic E-state index is 12.5. The van der Waals surface area contributed by atoms with Crippen molar-refractivity contribution in [2.75, 3.05) is 25.6 Å². The van der Waals surface area contributed by atoms with Gasteiger partial charge in [0.15, 0.2) is 0 Å². The van der Waals surface area contributed by atoms with Crippen molar-refractivity contribution in [1.82, 2.24) is 4.31 Å². The lowest BCUT2D eigenvalue weighted by molar-refractivity contribution is 0.0301. The van der Waals surface area contributed by atoms with Gasteiger partial charge in [0.05, 0.1) is 17.7 Å². The molecule has 1 aromatic rings. The van der Waals surface area contributed by atoms with Crippen LogP contribution in [0.1, 0.15) is 12.8 Å². The summed E-state index contributed by atoms with van der Waals surface area (Å²) in [6.07, 6.45) is 1.45. The zero-order chi connectivity index (χ0) is 14.6. The smallest absolute Gasteiger partial charge is 0.244 e. The van der Waals surface area contributed by atoms with E-state index in [9.17, 15) is 8.42 Å². The summed E-state index contributed by atoms with van der Waals surface area (Å²) in [5.41, 5.74) is 0. The Balaban J connectivity index is 2.04. The van der Waals surface area contributed by atoms with E-state index in [1.165, 1.54) is 10.4 Å². The van der Waals surface area contributed by atoms with Crippen molar-refractivity contribution in [1.29, 1.82) is 0 Å². The largest absolute Gasteiger partial charge is 0.377 e. The minimum atomic E-state index is -3.52. The van der Waals surface area contributed by atoms with Gasteiger partial charge < -0.3 is 4.74 Å². The molecule has 1 saturated heterocycles. The second kappa shape index (κ2) is 7.09. The molecule has 112 valence electrons. The van der Waals surface area contributed by atoms with Gasteiger partial charge in [0, 0.05) is 19.0 Å². The summed E-state index contributed by atoms with van der Waals surface area (Å²) in [5.74, 6) is 0.456. The fourth-order valence-electron chi connectivity index (χ4n) is 2.24. The molecule has 0 atom stereocenters. The molecular formula is C13H17Cl2NO3S. The molecule has 0 N–H and O–H groups in total. The molecule has 1 aliphatic rings. The highest BCUT2D eigenvalue weighted by atomic mass is 35.5. The molecule has 0 radical (unpaired) electrons. The summed E-state index contributed by atoms with van der Waals surface area (Å²) in [6.45, 7) is 1.39. The van der Waals surface area contributed by atoms with Gasteiger partial charge in [0.1, 0.15) is 4.90 Å². The van der Waals surface area contributed by atoms with Crippen LogP contribution in [0.3, 0.4) is 0 Å². The summed E-state index contributed by atoms with van der Waals surface area (Å²) in [6, 6.07) is 6.52. The van der Waals surface area contributed by atoms with Gasteiger partial charge in [-0.25, -0.2) is 8.42 Å². The molecule has 4 nitrogen and oxygen atoms in total. The Labute approximate surface area is 129 Å². The highest BCUT2D eigenvalue weighted by Crippen LogP contribution is 2.27. The van der Waals surface area contributed by atoms with E-state index >= 15 is 0 Å². The Morgan fingerprint density at radius 2 is 1.90 bits per heavy atom. The summed E-state index contributed by atoms with van der Waals surface area (Å²) >= 11 is 11.6. The first-order chi connectivity index (χ1) is 9.55. The van der Waals surface area contributed by atoms with E-state index in [0.717, 1.165) is 0 Å². The van der Waals surface area contributed by atoms with Crippen LogP contribution in [0.4, 0.5) is 0 Å². The van der Waals surface area contributed by atoms with Gasteiger partial charge in [-0.2, -0.15) is 4.31 Å². The van der Waals surface area contributed by atoms with Crippen LogP contribution in [0.25, 0.3) is 0 Å². The molecule has 0 bridgehead atoms. The maximum Gasteiger partial charge on any atom is 0.244 e. The molecule has 1 heterocycles. The van der Waals surface area contributed by atoms with E-state index in [2.05, 4.69) is 0 Å². The van der Waals surface area contributed by atoms with Crippen molar-refractivity contribution in [2.24, 2.45) is 0 Å². The zero-order valence-corrected chi connectivity index (χ0v) is 13.3. The Morgan fingerprint density at radius 3 is 2.50 bits per heavy atom. The lowest BCUT2D eigenvalue weighted by Gasteiger charge is -2.31. The average Bonchev–Trinajstić information content (AvgIpc) is 2.46. The predicted octanol–water partition coefficient (Wildman–Crippen LogP) is 2.75. The van der Waals surface area contributed by atoms with Crippen molar-refractivity contribution in [3.8, 4) is 0 Å². The molecule has 0 aliphatic carbocycles. The molecule has 1 aromatic carbocycles. The Bertz CT molecular complexity index is 542. The number of piperidine rings is 1. The predicted molar refractivity (Wildman–Crippen MR) is 79.9 cm³/mol.